The van der Waals surface area contributed by atoms with Crippen LogP contribution >= 0.6 is 0 Å². The number of aryl methyl sites for hydroxylation is 1. The van der Waals surface area contributed by atoms with Gasteiger partial charge >= 0.3 is 0 Å². The van der Waals surface area contributed by atoms with Gasteiger partial charge in [0.05, 0.1) is 5.84 Å². The van der Waals surface area contributed by atoms with E-state index in [1.165, 1.54) is 28.1 Å². The van der Waals surface area contributed by atoms with E-state index in [0.29, 0.717) is 0 Å². The van der Waals surface area contributed by atoms with Gasteiger partial charge in [0.15, 0.2) is 0 Å². The Morgan fingerprint density at radius 3 is 2.12 bits per heavy atom. The van der Waals surface area contributed by atoms with E-state index in [-0.39, 0.29) is 0 Å². The van der Waals surface area contributed by atoms with E-state index in [1.807, 2.05) is 0 Å². The van der Waals surface area contributed by atoms with Crippen molar-refractivity contribution in [2.45, 2.75) is 41.2 Å². The van der Waals surface area contributed by atoms with Gasteiger partial charge in [0, 0.05) is 82.4 Å². The van der Waals surface area contributed by atoms with Crippen molar-refractivity contribution in [3.63, 3.8) is 0 Å². The maximum atomic E-state index is 4.57. The van der Waals surface area contributed by atoms with Crippen molar-refractivity contribution < 1.29 is 0 Å². The Morgan fingerprint density at radius 1 is 0.909 bits per heavy atom. The first-order valence-corrected chi connectivity index (χ1v) is 12.4. The molecule has 0 saturated carbocycles. The van der Waals surface area contributed by atoms with Crippen LogP contribution in [0.4, 0.5) is 0 Å². The number of aliphatic imine (C=N–C) groups is 1. The van der Waals surface area contributed by atoms with Crippen LogP contribution in [0.5, 0.6) is 0 Å². The minimum atomic E-state index is 0.862. The molecule has 0 N–H and O–H groups in total. The first-order chi connectivity index (χ1) is 15.8. The van der Waals surface area contributed by atoms with E-state index < -0.39 is 0 Å². The molecule has 2 aliphatic rings. The number of benzene rings is 1. The molecule has 180 valence electrons. The minimum Gasteiger partial charge on any atom is -0.368 e. The lowest BCUT2D eigenvalue weighted by atomic mass is 10.0. The number of nitrogens with zero attached hydrogens (tertiary/aromatic N) is 5. The molecular formula is C28H43N5. The highest BCUT2D eigenvalue weighted by Crippen LogP contribution is 2.25. The van der Waals surface area contributed by atoms with Crippen molar-refractivity contribution >= 4 is 11.5 Å². The fraction of sp³-hybridized carbons (Fsp3) is 0.536. The zero-order chi connectivity index (χ0) is 24.0. The Kier molecular flexibility index (Phi) is 8.79. The van der Waals surface area contributed by atoms with Gasteiger partial charge in [-0.3, -0.25) is 9.89 Å². The normalized spacial score (nSPS) is 17.8. The van der Waals surface area contributed by atoms with E-state index in [1.54, 1.807) is 0 Å². The molecule has 0 amide bonds. The number of amidine groups is 1. The van der Waals surface area contributed by atoms with Crippen molar-refractivity contribution in [3.05, 3.63) is 65.4 Å². The van der Waals surface area contributed by atoms with Crippen LogP contribution < -0.4 is 0 Å². The van der Waals surface area contributed by atoms with Crippen LogP contribution in [0, 0.1) is 6.92 Å². The highest BCUT2D eigenvalue weighted by Gasteiger charge is 2.21. The molecular weight excluding hydrogens is 406 g/mol. The number of allylic oxidation sites excluding steroid dienone is 2. The van der Waals surface area contributed by atoms with Gasteiger partial charge in [0.1, 0.15) is 0 Å². The Morgan fingerprint density at radius 2 is 1.52 bits per heavy atom. The van der Waals surface area contributed by atoms with Crippen LogP contribution in [0.15, 0.2) is 53.7 Å². The lowest BCUT2D eigenvalue weighted by Crippen LogP contribution is -2.47. The minimum absolute atomic E-state index is 0.862. The summed E-state index contributed by atoms with van der Waals surface area (Å²) in [6.45, 7) is 29.5. The average molecular weight is 450 g/mol. The van der Waals surface area contributed by atoms with Crippen molar-refractivity contribution in [1.82, 2.24) is 19.6 Å². The summed E-state index contributed by atoms with van der Waals surface area (Å²) in [5.41, 5.74) is 7.53. The lowest BCUT2D eigenvalue weighted by molar-refractivity contribution is 0.174. The second kappa shape index (κ2) is 11.6. The molecule has 1 aromatic carbocycles. The lowest BCUT2D eigenvalue weighted by Gasteiger charge is -2.39. The molecule has 0 unspecified atom stereocenters. The molecule has 0 radical (unpaired) electrons. The summed E-state index contributed by atoms with van der Waals surface area (Å²) >= 11 is 0. The quantitative estimate of drug-likeness (QED) is 0.345. The van der Waals surface area contributed by atoms with Crippen molar-refractivity contribution in [2.24, 2.45) is 4.99 Å². The van der Waals surface area contributed by atoms with Gasteiger partial charge in [-0.1, -0.05) is 30.9 Å². The third kappa shape index (κ3) is 6.73. The summed E-state index contributed by atoms with van der Waals surface area (Å²) in [5, 5.41) is 0. The molecule has 0 atom stereocenters. The van der Waals surface area contributed by atoms with Crippen LogP contribution in [-0.2, 0) is 6.54 Å². The van der Waals surface area contributed by atoms with Crippen LogP contribution in [0.25, 0.3) is 5.70 Å². The molecule has 2 aliphatic heterocycles. The molecule has 0 aliphatic carbocycles. The molecule has 0 aromatic heterocycles. The number of rotatable bonds is 7. The summed E-state index contributed by atoms with van der Waals surface area (Å²) in [7, 11) is 0. The largest absolute Gasteiger partial charge is 0.368 e. The monoisotopic (exact) mass is 449 g/mol. The van der Waals surface area contributed by atoms with Crippen molar-refractivity contribution in [3.8, 4) is 0 Å². The molecule has 2 heterocycles. The molecule has 5 nitrogen and oxygen atoms in total. The number of hydrogen-bond acceptors (Lipinski definition) is 4. The van der Waals surface area contributed by atoms with E-state index in [4.69, 9.17) is 0 Å². The first kappa shape index (κ1) is 25.1. The van der Waals surface area contributed by atoms with Gasteiger partial charge < -0.3 is 14.7 Å². The van der Waals surface area contributed by atoms with Crippen molar-refractivity contribution in [1.29, 1.82) is 0 Å². The third-order valence-electron chi connectivity index (χ3n) is 6.76. The predicted octanol–water partition coefficient (Wildman–Crippen LogP) is 4.62. The van der Waals surface area contributed by atoms with Gasteiger partial charge in [0.25, 0.3) is 0 Å². The smallest absolute Gasteiger partial charge is 0.0958 e. The molecule has 2 fully saturated rings. The summed E-state index contributed by atoms with van der Waals surface area (Å²) in [6.07, 6.45) is 2.18. The second-order valence-electron chi connectivity index (χ2n) is 9.57. The van der Waals surface area contributed by atoms with Crippen LogP contribution in [0.3, 0.4) is 0 Å². The second-order valence-corrected chi connectivity index (χ2v) is 9.57. The third-order valence-corrected chi connectivity index (χ3v) is 6.76. The first-order valence-electron chi connectivity index (χ1n) is 12.4. The molecule has 0 bridgehead atoms. The van der Waals surface area contributed by atoms with E-state index in [9.17, 15) is 0 Å². The molecule has 0 spiro atoms. The van der Waals surface area contributed by atoms with Crippen LogP contribution in [0.1, 0.15) is 44.4 Å². The fourth-order valence-corrected chi connectivity index (χ4v) is 4.75. The molecule has 1 aromatic rings. The fourth-order valence-electron chi connectivity index (χ4n) is 4.75. The number of piperazine rings is 2. The molecule has 3 rings (SSSR count). The summed E-state index contributed by atoms with van der Waals surface area (Å²) in [4.78, 5) is 14.4. The maximum absolute atomic E-state index is 4.57. The summed E-state index contributed by atoms with van der Waals surface area (Å²) < 4.78 is 0. The van der Waals surface area contributed by atoms with Gasteiger partial charge in [-0.25, -0.2) is 0 Å². The van der Waals surface area contributed by atoms with Crippen LogP contribution in [0.2, 0.25) is 0 Å². The predicted molar refractivity (Wildman–Crippen MR) is 142 cm³/mol. The van der Waals surface area contributed by atoms with E-state index in [2.05, 4.69) is 96.6 Å². The highest BCUT2D eigenvalue weighted by molar-refractivity contribution is 5.79. The number of hydrogen-bond donors (Lipinski definition) is 0. The van der Waals surface area contributed by atoms with Gasteiger partial charge in [-0.05, 0) is 57.9 Å². The topological polar surface area (TPSA) is 25.3 Å². The Hall–Kier alpha value is -2.53. The molecule has 5 heteroatoms. The average Bonchev–Trinajstić information content (AvgIpc) is 2.80. The zero-order valence-electron chi connectivity index (χ0n) is 21.5. The van der Waals surface area contributed by atoms with Gasteiger partial charge in [0.2, 0.25) is 0 Å². The van der Waals surface area contributed by atoms with E-state index in [0.717, 1.165) is 76.8 Å². The SMILES string of the molecule is C=C(C=C(C)C)N1CCN(C(=C)c2cc(CN3CCN(C(C)=NCC)CC3)ccc2C)CC1. The Labute approximate surface area is 201 Å². The zero-order valence-corrected chi connectivity index (χ0v) is 21.5. The molecule has 33 heavy (non-hydrogen) atoms. The van der Waals surface area contributed by atoms with E-state index >= 15 is 0 Å². The van der Waals surface area contributed by atoms with Gasteiger partial charge in [-0.2, -0.15) is 0 Å². The summed E-state index contributed by atoms with van der Waals surface area (Å²) in [6, 6.07) is 6.91. The standard InChI is InChI=1S/C28H43N5/c1-8-29-26(7)33-13-11-30(12-14-33)21-27-10-9-23(4)28(20-27)25(6)32-17-15-31(16-18-32)24(5)19-22(2)3/h9-10,19-20H,5-6,8,11-18,21H2,1-4,7H3. The summed E-state index contributed by atoms with van der Waals surface area (Å²) in [5.74, 6) is 1.18. The Balaban J connectivity index is 1.58. The van der Waals surface area contributed by atoms with Gasteiger partial charge in [-0.15, -0.1) is 0 Å². The Bertz CT molecular complexity index is 893. The van der Waals surface area contributed by atoms with Crippen molar-refractivity contribution in [2.75, 3.05) is 58.9 Å². The maximum Gasteiger partial charge on any atom is 0.0958 e. The van der Waals surface area contributed by atoms with Crippen LogP contribution in [-0.4, -0.2) is 84.3 Å². The highest BCUT2D eigenvalue weighted by atomic mass is 15.3. The molecule has 2 saturated heterocycles.